The van der Waals surface area contributed by atoms with Gasteiger partial charge in [-0.05, 0) is 13.3 Å². The lowest BCUT2D eigenvalue weighted by Crippen LogP contribution is -2.25. The van der Waals surface area contributed by atoms with Crippen LogP contribution < -0.4 is 0 Å². The summed E-state index contributed by atoms with van der Waals surface area (Å²) in [7, 11) is 0. The third kappa shape index (κ3) is 6.41. The number of hydrogen-bond donors (Lipinski definition) is 0. The van der Waals surface area contributed by atoms with Crippen LogP contribution in [0.25, 0.3) is 0 Å². The summed E-state index contributed by atoms with van der Waals surface area (Å²) in [4.78, 5) is 4.76. The highest BCUT2D eigenvalue weighted by molar-refractivity contribution is 8.93. The SMILES string of the molecule is Br.CCCCCCCCN1C=CN(CC)C1. The van der Waals surface area contributed by atoms with Crippen molar-refractivity contribution in [3.8, 4) is 0 Å². The lowest BCUT2D eigenvalue weighted by molar-refractivity contribution is 0.268. The number of unbranched alkanes of at least 4 members (excludes halogenated alkanes) is 5. The van der Waals surface area contributed by atoms with Gasteiger partial charge in [0, 0.05) is 25.5 Å². The third-order valence-corrected chi connectivity index (χ3v) is 3.06. The van der Waals surface area contributed by atoms with E-state index in [4.69, 9.17) is 0 Å². The van der Waals surface area contributed by atoms with E-state index in [-0.39, 0.29) is 17.0 Å². The molecule has 1 aliphatic rings. The van der Waals surface area contributed by atoms with Crippen LogP contribution in [0, 0.1) is 0 Å². The van der Waals surface area contributed by atoms with Gasteiger partial charge in [-0.1, -0.05) is 39.0 Å². The number of halogens is 1. The largest absolute Gasteiger partial charge is 0.359 e. The second-order valence-electron chi connectivity index (χ2n) is 4.42. The van der Waals surface area contributed by atoms with Crippen molar-refractivity contribution in [2.45, 2.75) is 52.4 Å². The number of rotatable bonds is 8. The van der Waals surface area contributed by atoms with Gasteiger partial charge in [0.15, 0.2) is 0 Å². The van der Waals surface area contributed by atoms with Crippen molar-refractivity contribution in [1.82, 2.24) is 9.80 Å². The molecule has 96 valence electrons. The fourth-order valence-electron chi connectivity index (χ4n) is 1.96. The maximum atomic E-state index is 2.42. The van der Waals surface area contributed by atoms with Crippen LogP contribution in [0.3, 0.4) is 0 Å². The molecule has 0 saturated carbocycles. The summed E-state index contributed by atoms with van der Waals surface area (Å²) < 4.78 is 0. The Kier molecular flexibility index (Phi) is 9.89. The van der Waals surface area contributed by atoms with Gasteiger partial charge in [0.1, 0.15) is 0 Å². The fourth-order valence-corrected chi connectivity index (χ4v) is 1.96. The lowest BCUT2D eigenvalue weighted by atomic mass is 10.1. The highest BCUT2D eigenvalue weighted by Gasteiger charge is 2.08. The zero-order valence-electron chi connectivity index (χ0n) is 10.8. The minimum Gasteiger partial charge on any atom is -0.359 e. The summed E-state index contributed by atoms with van der Waals surface area (Å²) in [6.07, 6.45) is 12.8. The molecule has 0 bridgehead atoms. The molecule has 0 N–H and O–H groups in total. The Balaban J connectivity index is 0.00000225. The quantitative estimate of drug-likeness (QED) is 0.624. The molecule has 0 aromatic heterocycles. The molecule has 0 saturated heterocycles. The van der Waals surface area contributed by atoms with Crippen LogP contribution >= 0.6 is 17.0 Å². The zero-order chi connectivity index (χ0) is 10.9. The molecule has 0 aromatic rings. The Labute approximate surface area is 111 Å². The van der Waals surface area contributed by atoms with Crippen LogP contribution in [-0.4, -0.2) is 29.6 Å². The van der Waals surface area contributed by atoms with E-state index in [0.717, 1.165) is 13.2 Å². The van der Waals surface area contributed by atoms with Crippen LogP contribution in [-0.2, 0) is 0 Å². The van der Waals surface area contributed by atoms with E-state index in [1.54, 1.807) is 0 Å². The summed E-state index contributed by atoms with van der Waals surface area (Å²) in [5, 5.41) is 0. The van der Waals surface area contributed by atoms with Gasteiger partial charge in [0.2, 0.25) is 0 Å². The van der Waals surface area contributed by atoms with Gasteiger partial charge in [0.05, 0.1) is 6.67 Å². The second kappa shape index (κ2) is 10.0. The average molecular weight is 291 g/mol. The van der Waals surface area contributed by atoms with E-state index in [1.165, 1.54) is 45.1 Å². The third-order valence-electron chi connectivity index (χ3n) is 3.06. The van der Waals surface area contributed by atoms with Gasteiger partial charge in [-0.2, -0.15) is 0 Å². The van der Waals surface area contributed by atoms with Crippen LogP contribution in [0.15, 0.2) is 12.4 Å². The monoisotopic (exact) mass is 290 g/mol. The summed E-state index contributed by atoms with van der Waals surface area (Å²) in [5.74, 6) is 0. The molecular formula is C13H27BrN2. The molecule has 3 heteroatoms. The fraction of sp³-hybridized carbons (Fsp3) is 0.846. The van der Waals surface area contributed by atoms with Gasteiger partial charge in [0.25, 0.3) is 0 Å². The van der Waals surface area contributed by atoms with Crippen molar-refractivity contribution in [3.05, 3.63) is 12.4 Å². The molecule has 1 rings (SSSR count). The maximum Gasteiger partial charge on any atom is 0.0893 e. The molecule has 0 radical (unpaired) electrons. The first-order valence-corrected chi connectivity index (χ1v) is 6.53. The Bertz CT molecular complexity index is 183. The van der Waals surface area contributed by atoms with E-state index >= 15 is 0 Å². The summed E-state index contributed by atoms with van der Waals surface area (Å²) in [5.41, 5.74) is 0. The predicted octanol–water partition coefficient (Wildman–Crippen LogP) is 3.99. The van der Waals surface area contributed by atoms with Crippen molar-refractivity contribution < 1.29 is 0 Å². The zero-order valence-corrected chi connectivity index (χ0v) is 12.5. The van der Waals surface area contributed by atoms with Crippen molar-refractivity contribution in [2.24, 2.45) is 0 Å². The minimum absolute atomic E-state index is 0. The molecule has 0 atom stereocenters. The second-order valence-corrected chi connectivity index (χ2v) is 4.42. The van der Waals surface area contributed by atoms with Gasteiger partial charge < -0.3 is 9.80 Å². The Morgan fingerprint density at radius 3 is 2.12 bits per heavy atom. The standard InChI is InChI=1S/C13H26N2.BrH/c1-3-5-6-7-8-9-10-15-12-11-14(4-2)13-15;/h11-12H,3-10,13H2,1-2H3;1H. The van der Waals surface area contributed by atoms with Crippen LogP contribution in [0.5, 0.6) is 0 Å². The Hall–Kier alpha value is -0.180. The Morgan fingerprint density at radius 2 is 1.50 bits per heavy atom. The van der Waals surface area contributed by atoms with E-state index in [9.17, 15) is 0 Å². The molecule has 0 aromatic carbocycles. The van der Waals surface area contributed by atoms with Gasteiger partial charge in [-0.25, -0.2) is 0 Å². The molecule has 1 heterocycles. The smallest absolute Gasteiger partial charge is 0.0893 e. The van der Waals surface area contributed by atoms with Crippen molar-refractivity contribution in [1.29, 1.82) is 0 Å². The van der Waals surface area contributed by atoms with Crippen molar-refractivity contribution in [3.63, 3.8) is 0 Å². The Morgan fingerprint density at radius 1 is 0.875 bits per heavy atom. The van der Waals surface area contributed by atoms with Crippen molar-refractivity contribution in [2.75, 3.05) is 19.8 Å². The number of hydrogen-bond acceptors (Lipinski definition) is 2. The van der Waals surface area contributed by atoms with Gasteiger partial charge in [-0.3, -0.25) is 0 Å². The molecule has 1 aliphatic heterocycles. The number of nitrogens with zero attached hydrogens (tertiary/aromatic N) is 2. The molecule has 0 unspecified atom stereocenters. The highest BCUT2D eigenvalue weighted by atomic mass is 79.9. The van der Waals surface area contributed by atoms with Crippen LogP contribution in [0.1, 0.15) is 52.4 Å². The lowest BCUT2D eigenvalue weighted by Gasteiger charge is -2.19. The molecule has 0 aliphatic carbocycles. The predicted molar refractivity (Wildman–Crippen MR) is 76.8 cm³/mol. The van der Waals surface area contributed by atoms with E-state index in [2.05, 4.69) is 36.0 Å². The first kappa shape index (κ1) is 15.8. The molecular weight excluding hydrogens is 264 g/mol. The first-order valence-electron chi connectivity index (χ1n) is 6.53. The summed E-state index contributed by atoms with van der Waals surface area (Å²) >= 11 is 0. The topological polar surface area (TPSA) is 6.48 Å². The molecule has 16 heavy (non-hydrogen) atoms. The normalized spacial score (nSPS) is 14.4. The van der Waals surface area contributed by atoms with E-state index in [1.807, 2.05) is 0 Å². The summed E-state index contributed by atoms with van der Waals surface area (Å²) in [6.45, 7) is 7.95. The highest BCUT2D eigenvalue weighted by Crippen LogP contribution is 2.09. The van der Waals surface area contributed by atoms with Crippen LogP contribution in [0.2, 0.25) is 0 Å². The average Bonchev–Trinajstić information content (AvgIpc) is 2.71. The van der Waals surface area contributed by atoms with Crippen molar-refractivity contribution >= 4 is 17.0 Å². The minimum atomic E-state index is 0. The van der Waals surface area contributed by atoms with E-state index < -0.39 is 0 Å². The maximum absolute atomic E-state index is 2.42. The first-order chi connectivity index (χ1) is 7.36. The van der Waals surface area contributed by atoms with Gasteiger partial charge in [-0.15, -0.1) is 17.0 Å². The molecule has 0 fully saturated rings. The van der Waals surface area contributed by atoms with E-state index in [0.29, 0.717) is 0 Å². The molecule has 0 amide bonds. The molecule has 0 spiro atoms. The van der Waals surface area contributed by atoms with Gasteiger partial charge >= 0.3 is 0 Å². The van der Waals surface area contributed by atoms with Crippen LogP contribution in [0.4, 0.5) is 0 Å². The molecule has 2 nitrogen and oxygen atoms in total. The summed E-state index contributed by atoms with van der Waals surface area (Å²) in [6, 6.07) is 0.